The normalized spacial score (nSPS) is 22.3. The highest BCUT2D eigenvalue weighted by Crippen LogP contribution is 2.32. The topological polar surface area (TPSA) is 65.0 Å². The SMILES string of the molecule is CC(NCC1CN(C)CCO1)c1c(O)cccc1O. The molecule has 2 rings (SSSR count). The maximum absolute atomic E-state index is 9.80. The number of phenolic OH excluding ortho intramolecular Hbond substituents is 2. The van der Waals surface area contributed by atoms with Crippen molar-refractivity contribution in [1.29, 1.82) is 0 Å². The molecule has 5 nitrogen and oxygen atoms in total. The van der Waals surface area contributed by atoms with Crippen LogP contribution in [0.5, 0.6) is 11.5 Å². The van der Waals surface area contributed by atoms with E-state index in [1.165, 1.54) is 0 Å². The molecule has 1 aromatic rings. The van der Waals surface area contributed by atoms with Gasteiger partial charge in [-0.15, -0.1) is 0 Å². The zero-order valence-electron chi connectivity index (χ0n) is 11.5. The number of likely N-dealkylation sites (N-methyl/N-ethyl adjacent to an activating group) is 1. The third kappa shape index (κ3) is 3.59. The van der Waals surface area contributed by atoms with Gasteiger partial charge in [-0.3, -0.25) is 0 Å². The Kier molecular flexibility index (Phi) is 4.63. The van der Waals surface area contributed by atoms with Crippen LogP contribution in [0, 0.1) is 0 Å². The number of benzene rings is 1. The number of phenols is 2. The zero-order chi connectivity index (χ0) is 13.8. The van der Waals surface area contributed by atoms with Crippen LogP contribution in [-0.4, -0.2) is 54.5 Å². The molecule has 0 amide bonds. The molecule has 1 saturated heterocycles. The van der Waals surface area contributed by atoms with Gasteiger partial charge < -0.3 is 25.2 Å². The highest BCUT2D eigenvalue weighted by molar-refractivity contribution is 5.44. The molecule has 0 aromatic heterocycles. The van der Waals surface area contributed by atoms with Gasteiger partial charge in [0.2, 0.25) is 0 Å². The Hall–Kier alpha value is -1.30. The summed E-state index contributed by atoms with van der Waals surface area (Å²) in [4.78, 5) is 2.23. The summed E-state index contributed by atoms with van der Waals surface area (Å²) in [5.74, 6) is 0.225. The number of rotatable bonds is 4. The average molecular weight is 266 g/mol. The van der Waals surface area contributed by atoms with E-state index < -0.39 is 0 Å². The average Bonchev–Trinajstić information content (AvgIpc) is 2.36. The van der Waals surface area contributed by atoms with Crippen LogP contribution >= 0.6 is 0 Å². The molecule has 2 atom stereocenters. The molecule has 1 aromatic carbocycles. The van der Waals surface area contributed by atoms with Gasteiger partial charge in [-0.2, -0.15) is 0 Å². The number of nitrogens with one attached hydrogen (secondary N) is 1. The van der Waals surface area contributed by atoms with Gasteiger partial charge in [-0.05, 0) is 26.1 Å². The van der Waals surface area contributed by atoms with Crippen molar-refractivity contribution < 1.29 is 14.9 Å². The molecule has 1 aliphatic rings. The van der Waals surface area contributed by atoms with Gasteiger partial charge in [-0.1, -0.05) is 6.07 Å². The van der Waals surface area contributed by atoms with Crippen molar-refractivity contribution in [1.82, 2.24) is 10.2 Å². The van der Waals surface area contributed by atoms with E-state index in [2.05, 4.69) is 17.3 Å². The predicted molar refractivity (Wildman–Crippen MR) is 73.4 cm³/mol. The van der Waals surface area contributed by atoms with Gasteiger partial charge in [0.05, 0.1) is 18.3 Å². The van der Waals surface area contributed by atoms with E-state index >= 15 is 0 Å². The molecule has 3 N–H and O–H groups in total. The van der Waals surface area contributed by atoms with E-state index in [1.54, 1.807) is 18.2 Å². The van der Waals surface area contributed by atoms with E-state index in [1.807, 2.05) is 6.92 Å². The molecular weight excluding hydrogens is 244 g/mol. The maximum Gasteiger partial charge on any atom is 0.124 e. The molecule has 19 heavy (non-hydrogen) atoms. The first-order chi connectivity index (χ1) is 9.08. The van der Waals surface area contributed by atoms with Crippen LogP contribution in [0.1, 0.15) is 18.5 Å². The van der Waals surface area contributed by atoms with Crippen LogP contribution < -0.4 is 5.32 Å². The van der Waals surface area contributed by atoms with E-state index in [4.69, 9.17) is 4.74 Å². The second-order valence-corrected chi connectivity index (χ2v) is 5.09. The van der Waals surface area contributed by atoms with Crippen molar-refractivity contribution in [3.63, 3.8) is 0 Å². The summed E-state index contributed by atoms with van der Waals surface area (Å²) >= 11 is 0. The summed E-state index contributed by atoms with van der Waals surface area (Å²) in [5.41, 5.74) is 0.534. The van der Waals surface area contributed by atoms with Crippen molar-refractivity contribution >= 4 is 0 Å². The van der Waals surface area contributed by atoms with Gasteiger partial charge in [-0.25, -0.2) is 0 Å². The van der Waals surface area contributed by atoms with Crippen LogP contribution in [0.25, 0.3) is 0 Å². The second-order valence-electron chi connectivity index (χ2n) is 5.09. The Labute approximate surface area is 113 Å². The molecule has 1 aliphatic heterocycles. The molecule has 0 spiro atoms. The summed E-state index contributed by atoms with van der Waals surface area (Å²) in [7, 11) is 2.08. The van der Waals surface area contributed by atoms with Gasteiger partial charge >= 0.3 is 0 Å². The molecule has 0 aliphatic carbocycles. The first-order valence-electron chi connectivity index (χ1n) is 6.62. The fraction of sp³-hybridized carbons (Fsp3) is 0.571. The molecule has 106 valence electrons. The van der Waals surface area contributed by atoms with Gasteiger partial charge in [0.1, 0.15) is 11.5 Å². The highest BCUT2D eigenvalue weighted by atomic mass is 16.5. The lowest BCUT2D eigenvalue weighted by molar-refractivity contribution is -0.0191. The zero-order valence-corrected chi connectivity index (χ0v) is 11.5. The lowest BCUT2D eigenvalue weighted by Gasteiger charge is -2.31. The minimum atomic E-state index is -0.128. The van der Waals surface area contributed by atoms with E-state index in [0.717, 1.165) is 19.7 Å². The first-order valence-corrected chi connectivity index (χ1v) is 6.62. The summed E-state index contributed by atoms with van der Waals surface area (Å²) in [6, 6.07) is 4.66. The molecular formula is C14H22N2O3. The fourth-order valence-corrected chi connectivity index (χ4v) is 2.39. The Morgan fingerprint density at radius 1 is 1.42 bits per heavy atom. The Bertz CT molecular complexity index is 405. The summed E-state index contributed by atoms with van der Waals surface area (Å²) < 4.78 is 5.67. The molecule has 5 heteroatoms. The fourth-order valence-electron chi connectivity index (χ4n) is 2.39. The second kappa shape index (κ2) is 6.23. The molecule has 1 heterocycles. The Balaban J connectivity index is 1.92. The lowest BCUT2D eigenvalue weighted by Crippen LogP contribution is -2.45. The van der Waals surface area contributed by atoms with E-state index in [9.17, 15) is 10.2 Å². The van der Waals surface area contributed by atoms with Crippen LogP contribution in [0.15, 0.2) is 18.2 Å². The van der Waals surface area contributed by atoms with Gasteiger partial charge in [0, 0.05) is 25.7 Å². The number of morpholine rings is 1. The Morgan fingerprint density at radius 3 is 2.74 bits per heavy atom. The van der Waals surface area contributed by atoms with Crippen molar-refractivity contribution in [2.24, 2.45) is 0 Å². The van der Waals surface area contributed by atoms with Crippen molar-refractivity contribution in [2.45, 2.75) is 19.1 Å². The number of hydrogen-bond acceptors (Lipinski definition) is 5. The molecule has 0 bridgehead atoms. The van der Waals surface area contributed by atoms with Crippen LogP contribution in [0.3, 0.4) is 0 Å². The highest BCUT2D eigenvalue weighted by Gasteiger charge is 2.20. The summed E-state index contributed by atoms with van der Waals surface area (Å²) in [6.07, 6.45) is 0.147. The van der Waals surface area contributed by atoms with Crippen molar-refractivity contribution in [3.05, 3.63) is 23.8 Å². The number of aromatic hydroxyl groups is 2. The predicted octanol–water partition coefficient (Wildman–Crippen LogP) is 1.08. The largest absolute Gasteiger partial charge is 0.507 e. The minimum absolute atomic E-state index is 0.113. The van der Waals surface area contributed by atoms with Crippen molar-refractivity contribution in [3.8, 4) is 11.5 Å². The van der Waals surface area contributed by atoms with E-state index in [0.29, 0.717) is 12.1 Å². The minimum Gasteiger partial charge on any atom is -0.507 e. The quantitative estimate of drug-likeness (QED) is 0.761. The molecule has 2 unspecified atom stereocenters. The number of nitrogens with zero attached hydrogens (tertiary/aromatic N) is 1. The third-order valence-electron chi connectivity index (χ3n) is 3.49. The van der Waals surface area contributed by atoms with Crippen molar-refractivity contribution in [2.75, 3.05) is 33.3 Å². The Morgan fingerprint density at radius 2 is 2.11 bits per heavy atom. The van der Waals surface area contributed by atoms with Gasteiger partial charge in [0.25, 0.3) is 0 Å². The lowest BCUT2D eigenvalue weighted by atomic mass is 10.1. The third-order valence-corrected chi connectivity index (χ3v) is 3.49. The molecule has 0 saturated carbocycles. The van der Waals surface area contributed by atoms with Crippen LogP contribution in [0.2, 0.25) is 0 Å². The smallest absolute Gasteiger partial charge is 0.124 e. The van der Waals surface area contributed by atoms with E-state index in [-0.39, 0.29) is 23.6 Å². The number of ether oxygens (including phenoxy) is 1. The monoisotopic (exact) mass is 266 g/mol. The standard InChI is InChI=1S/C14H22N2O3/c1-10(14-12(17)4-3-5-13(14)18)15-8-11-9-16(2)6-7-19-11/h3-5,10-11,15,17-18H,6-9H2,1-2H3. The van der Waals surface area contributed by atoms with Crippen LogP contribution in [-0.2, 0) is 4.74 Å². The molecule has 0 radical (unpaired) electrons. The maximum atomic E-state index is 9.80. The molecule has 1 fully saturated rings. The summed E-state index contributed by atoms with van der Waals surface area (Å²) in [5, 5.41) is 22.9. The first kappa shape index (κ1) is 14.1. The van der Waals surface area contributed by atoms with Crippen LogP contribution in [0.4, 0.5) is 0 Å². The van der Waals surface area contributed by atoms with Gasteiger partial charge in [0.15, 0.2) is 0 Å². The number of hydrogen-bond donors (Lipinski definition) is 3. The summed E-state index contributed by atoms with van der Waals surface area (Å²) in [6.45, 7) is 5.22.